The van der Waals surface area contributed by atoms with Crippen molar-refractivity contribution in [3.05, 3.63) is 12.7 Å². The summed E-state index contributed by atoms with van der Waals surface area (Å²) in [7, 11) is -16.4. The maximum atomic E-state index is 12.6. The van der Waals surface area contributed by atoms with Gasteiger partial charge in [0, 0.05) is 37.1 Å². The molecule has 3 heterocycles. The number of carboxylic acids is 1. The molecule has 0 spiro atoms. The molecular formula is C25H42N7O19P3S. The van der Waals surface area contributed by atoms with Crippen LogP contribution in [0.3, 0.4) is 0 Å². The highest BCUT2D eigenvalue weighted by Crippen LogP contribution is 2.61. The van der Waals surface area contributed by atoms with Crippen LogP contribution in [0.25, 0.3) is 11.2 Å². The Morgan fingerprint density at radius 1 is 1.04 bits per heavy atom. The predicted molar refractivity (Wildman–Crippen MR) is 185 cm³/mol. The molecular weight excluding hydrogens is 827 g/mol. The number of nitrogens with zero attached hydrogens (tertiary/aromatic N) is 4. The van der Waals surface area contributed by atoms with E-state index in [1.807, 2.05) is 0 Å². The smallest absolute Gasteiger partial charge is 0.481 e. The van der Waals surface area contributed by atoms with Gasteiger partial charge in [-0.05, 0) is 6.42 Å². The van der Waals surface area contributed by atoms with E-state index in [0.29, 0.717) is 0 Å². The summed E-state index contributed by atoms with van der Waals surface area (Å²) >= 11 is 1.04. The fourth-order valence-electron chi connectivity index (χ4n) is 4.66. The fourth-order valence-corrected chi connectivity index (χ4v) is 8.26. The monoisotopic (exact) mass is 869 g/mol. The molecule has 0 saturated carbocycles. The molecule has 0 bridgehead atoms. The van der Waals surface area contributed by atoms with Crippen LogP contribution in [0.4, 0.5) is 5.82 Å². The lowest BCUT2D eigenvalue weighted by atomic mass is 9.87. The van der Waals surface area contributed by atoms with Crippen molar-refractivity contribution in [3.8, 4) is 0 Å². The molecule has 2 unspecified atom stereocenters. The minimum atomic E-state index is -5.58. The van der Waals surface area contributed by atoms with Crippen LogP contribution >= 0.6 is 35.2 Å². The number of nitrogen functional groups attached to an aromatic ring is 1. The molecule has 1 aliphatic rings. The standard InChI is InChI=1S/C25H42N7O19P3S/c1-25(2,20(38)23(39)28-6-5-14(33)27-7-8-55-16(36)4-3-15(34)35)10-48-54(45,46)51-53(43,44)47-9-13-19(50-52(40,41)42)18(37)24(49-13)32-12-31-17-21(26)29-11-30-22(17)32/h11-13,16,18-20,24,36-38H,3-10H2,1-2H3,(H,27,33)(H,28,39)(H,34,35)(H,43,44)(H,45,46)(H2,26,29,30)(H2,40,41,42)/t13-,16-,18-,19-,20+,24-/m1/s1. The number of anilines is 1. The number of thioether (sulfide) groups is 1. The highest BCUT2D eigenvalue weighted by atomic mass is 32.2. The van der Waals surface area contributed by atoms with Gasteiger partial charge in [0.1, 0.15) is 36.3 Å². The normalized spacial score (nSPS) is 22.4. The Balaban J connectivity index is 1.49. The third-order valence-corrected chi connectivity index (χ3v) is 11.6. The number of ether oxygens (including phenoxy) is 1. The highest BCUT2D eigenvalue weighted by Gasteiger charge is 2.50. The topological polar surface area (TPSA) is 404 Å². The van der Waals surface area contributed by atoms with Crippen molar-refractivity contribution >= 4 is 70.0 Å². The van der Waals surface area contributed by atoms with Crippen LogP contribution in [0.5, 0.6) is 0 Å². The second kappa shape index (κ2) is 19.7. The molecule has 8 atom stereocenters. The lowest BCUT2D eigenvalue weighted by Crippen LogP contribution is -2.46. The summed E-state index contributed by atoms with van der Waals surface area (Å²) in [6.07, 6.45) is -7.21. The van der Waals surface area contributed by atoms with Gasteiger partial charge < -0.3 is 61.1 Å². The number of aliphatic hydroxyl groups is 3. The molecule has 1 saturated heterocycles. The number of aliphatic hydroxyl groups excluding tert-OH is 3. The number of phosphoric acid groups is 3. The first-order chi connectivity index (χ1) is 25.4. The van der Waals surface area contributed by atoms with E-state index < -0.39 is 96.0 Å². The third-order valence-electron chi connectivity index (χ3n) is 7.42. The summed E-state index contributed by atoms with van der Waals surface area (Å²) in [5.41, 5.74) is 3.29. The van der Waals surface area contributed by atoms with E-state index in [4.69, 9.17) is 24.6 Å². The lowest BCUT2D eigenvalue weighted by Gasteiger charge is -2.30. The number of nitrogens with two attached hydrogens (primary N) is 1. The van der Waals surface area contributed by atoms with Crippen molar-refractivity contribution in [2.24, 2.45) is 5.41 Å². The third kappa shape index (κ3) is 14.6. The van der Waals surface area contributed by atoms with Crippen LogP contribution in [-0.4, -0.2) is 139 Å². The zero-order chi connectivity index (χ0) is 41.4. The van der Waals surface area contributed by atoms with E-state index >= 15 is 0 Å². The van der Waals surface area contributed by atoms with Gasteiger partial charge in [0.25, 0.3) is 0 Å². The molecule has 55 heavy (non-hydrogen) atoms. The van der Waals surface area contributed by atoms with Crippen molar-refractivity contribution in [1.82, 2.24) is 30.2 Å². The van der Waals surface area contributed by atoms with Gasteiger partial charge in [-0.3, -0.25) is 32.5 Å². The molecule has 12 N–H and O–H groups in total. The van der Waals surface area contributed by atoms with E-state index in [2.05, 4.69) is 34.4 Å². The number of fused-ring (bicyclic) bond motifs is 1. The number of imidazole rings is 1. The van der Waals surface area contributed by atoms with Crippen molar-refractivity contribution in [1.29, 1.82) is 0 Å². The van der Waals surface area contributed by atoms with Crippen molar-refractivity contribution in [2.45, 2.75) is 69.2 Å². The molecule has 0 radical (unpaired) electrons. The molecule has 312 valence electrons. The molecule has 0 aromatic carbocycles. The zero-order valence-electron chi connectivity index (χ0n) is 29.0. The minimum Gasteiger partial charge on any atom is -0.481 e. The molecule has 3 rings (SSSR count). The summed E-state index contributed by atoms with van der Waals surface area (Å²) in [4.78, 5) is 85.9. The maximum Gasteiger partial charge on any atom is 0.481 e. The molecule has 1 aliphatic heterocycles. The van der Waals surface area contributed by atoms with Gasteiger partial charge in [-0.15, -0.1) is 11.8 Å². The zero-order valence-corrected chi connectivity index (χ0v) is 32.5. The molecule has 2 aromatic heterocycles. The van der Waals surface area contributed by atoms with Crippen molar-refractivity contribution in [2.75, 3.05) is 37.8 Å². The highest BCUT2D eigenvalue weighted by molar-refractivity contribution is 7.99. The number of phosphoric ester groups is 3. The second-order valence-electron chi connectivity index (χ2n) is 12.3. The van der Waals surface area contributed by atoms with Crippen LogP contribution < -0.4 is 16.4 Å². The predicted octanol–water partition coefficient (Wildman–Crippen LogP) is -1.68. The Labute approximate surface area is 315 Å². The number of hydrogen-bond acceptors (Lipinski definition) is 19. The lowest BCUT2D eigenvalue weighted by molar-refractivity contribution is -0.138. The first-order valence-electron chi connectivity index (χ1n) is 15.8. The minimum absolute atomic E-state index is 0.0219. The van der Waals surface area contributed by atoms with E-state index in [9.17, 15) is 63.0 Å². The first-order valence-corrected chi connectivity index (χ1v) is 21.4. The Hall–Kier alpha value is -2.68. The maximum absolute atomic E-state index is 12.6. The van der Waals surface area contributed by atoms with Crippen molar-refractivity contribution in [3.63, 3.8) is 0 Å². The van der Waals surface area contributed by atoms with Gasteiger partial charge >= 0.3 is 29.4 Å². The molecule has 2 amide bonds. The van der Waals surface area contributed by atoms with Gasteiger partial charge in [0.05, 0.1) is 25.0 Å². The van der Waals surface area contributed by atoms with Gasteiger partial charge in [-0.25, -0.2) is 28.6 Å². The average Bonchev–Trinajstić information content (AvgIpc) is 3.63. The molecule has 26 nitrogen and oxygen atoms in total. The number of aromatic nitrogens is 4. The Morgan fingerprint density at radius 3 is 2.36 bits per heavy atom. The Morgan fingerprint density at radius 2 is 1.71 bits per heavy atom. The molecule has 0 aliphatic carbocycles. The van der Waals surface area contributed by atoms with Crippen LogP contribution in [0, 0.1) is 5.41 Å². The number of aliphatic carboxylic acids is 1. The summed E-state index contributed by atoms with van der Waals surface area (Å²) in [5.74, 6) is -2.31. The van der Waals surface area contributed by atoms with E-state index in [-0.39, 0.29) is 55.1 Å². The van der Waals surface area contributed by atoms with Crippen molar-refractivity contribution < 1.29 is 90.7 Å². The molecule has 2 aromatic rings. The number of nitrogens with one attached hydrogen (secondary N) is 2. The second-order valence-corrected chi connectivity index (χ2v) is 17.8. The fraction of sp³-hybridized carbons (Fsp3) is 0.680. The Bertz CT molecular complexity index is 1800. The number of hydrogen-bond donors (Lipinski definition) is 11. The van der Waals surface area contributed by atoms with Gasteiger partial charge in [-0.2, -0.15) is 4.31 Å². The van der Waals surface area contributed by atoms with Crippen LogP contribution in [0.15, 0.2) is 12.7 Å². The first kappa shape index (κ1) is 46.7. The summed E-state index contributed by atoms with van der Waals surface area (Å²) in [6, 6.07) is 0. The number of amides is 2. The van der Waals surface area contributed by atoms with Crippen LogP contribution in [-0.2, 0) is 50.7 Å². The van der Waals surface area contributed by atoms with Gasteiger partial charge in [0.15, 0.2) is 17.7 Å². The van der Waals surface area contributed by atoms with E-state index in [1.54, 1.807) is 0 Å². The average molecular weight is 870 g/mol. The quantitative estimate of drug-likeness (QED) is 0.0337. The number of carboxylic acid groups (broad SMARTS) is 1. The van der Waals surface area contributed by atoms with Crippen LogP contribution in [0.1, 0.15) is 39.3 Å². The van der Waals surface area contributed by atoms with Crippen LogP contribution in [0.2, 0.25) is 0 Å². The van der Waals surface area contributed by atoms with E-state index in [0.717, 1.165) is 29.0 Å². The Kier molecular flexibility index (Phi) is 16.7. The summed E-state index contributed by atoms with van der Waals surface area (Å²) in [6.45, 7) is 0.316. The number of carbonyl (C=O) groups is 3. The molecule has 30 heteroatoms. The number of carbonyl (C=O) groups excluding carboxylic acids is 2. The van der Waals surface area contributed by atoms with Gasteiger partial charge in [-0.1, -0.05) is 13.8 Å². The number of rotatable bonds is 23. The summed E-state index contributed by atoms with van der Waals surface area (Å²) < 4.78 is 61.9. The SMILES string of the molecule is CC(C)(COP(=O)(O)OP(=O)(O)OC[C@H]1O[C@@H](n2cnc3c(N)ncnc32)[C@H](O)[C@@H]1OP(=O)(O)O)[C@@H](O)C(=O)NCCC(=O)NCCS[C@@H](O)CCC(=O)O. The largest absolute Gasteiger partial charge is 0.481 e. The summed E-state index contributed by atoms with van der Waals surface area (Å²) in [5, 5.41) is 44.5. The van der Waals surface area contributed by atoms with E-state index in [1.165, 1.54) is 13.8 Å². The molecule has 1 fully saturated rings. The van der Waals surface area contributed by atoms with Gasteiger partial charge in [0.2, 0.25) is 11.8 Å².